The molecule has 1 heterocycles. The van der Waals surface area contributed by atoms with Gasteiger partial charge in [0.25, 0.3) is 0 Å². The highest BCUT2D eigenvalue weighted by atomic mass is 19.4. The number of hydrogen-bond acceptors (Lipinski definition) is 3. The van der Waals surface area contributed by atoms with E-state index >= 15 is 0 Å². The zero-order chi connectivity index (χ0) is 21.6. The summed E-state index contributed by atoms with van der Waals surface area (Å²) in [5.74, 6) is -1.47. The molecular weight excluding hydrogens is 390 g/mol. The van der Waals surface area contributed by atoms with E-state index in [0.29, 0.717) is 12.0 Å². The van der Waals surface area contributed by atoms with Crippen molar-refractivity contribution in [3.63, 3.8) is 0 Å². The third-order valence-corrected chi connectivity index (χ3v) is 5.29. The lowest BCUT2D eigenvalue weighted by Crippen LogP contribution is -2.62. The highest BCUT2D eigenvalue weighted by Gasteiger charge is 2.41. The van der Waals surface area contributed by atoms with Gasteiger partial charge in [0.1, 0.15) is 5.82 Å². The molecule has 5 nitrogen and oxygen atoms in total. The second kappa shape index (κ2) is 7.59. The van der Waals surface area contributed by atoms with Crippen LogP contribution in [-0.4, -0.2) is 24.0 Å². The minimum absolute atomic E-state index is 0.0298. The van der Waals surface area contributed by atoms with Gasteiger partial charge in [0.15, 0.2) is 0 Å². The van der Waals surface area contributed by atoms with E-state index in [1.54, 1.807) is 20.8 Å². The first kappa shape index (κ1) is 21.5. The molecule has 9 heteroatoms. The van der Waals surface area contributed by atoms with Crippen LogP contribution in [0.1, 0.15) is 57.2 Å². The van der Waals surface area contributed by atoms with E-state index < -0.39 is 41.0 Å². The van der Waals surface area contributed by atoms with Gasteiger partial charge in [-0.05, 0) is 36.3 Å². The molecule has 160 valence electrons. The normalized spacial score (nSPS) is 24.0. The predicted octanol–water partition coefficient (Wildman–Crippen LogP) is 3.26. The van der Waals surface area contributed by atoms with Crippen molar-refractivity contribution in [2.75, 3.05) is 0 Å². The van der Waals surface area contributed by atoms with Crippen molar-refractivity contribution < 1.29 is 27.2 Å². The Hall–Kier alpha value is -2.16. The number of carbonyl (C=O) groups is 2. The van der Waals surface area contributed by atoms with E-state index in [4.69, 9.17) is 0 Å². The zero-order valence-corrected chi connectivity index (χ0v) is 16.5. The van der Waals surface area contributed by atoms with E-state index in [-0.39, 0.29) is 24.1 Å². The Morgan fingerprint density at radius 1 is 1.21 bits per heavy atom. The summed E-state index contributed by atoms with van der Waals surface area (Å²) in [6.07, 6.45) is -3.05. The molecule has 3 rings (SSSR count). The molecule has 3 N–H and O–H groups in total. The summed E-state index contributed by atoms with van der Waals surface area (Å²) in [4.78, 5) is 24.8. The van der Waals surface area contributed by atoms with Crippen molar-refractivity contribution in [3.05, 3.63) is 35.1 Å². The van der Waals surface area contributed by atoms with Crippen LogP contribution in [0.3, 0.4) is 0 Å². The molecule has 2 aliphatic rings. The molecule has 3 atom stereocenters. The SMILES string of the molecule is CC(C)(C)[C@@H](NC(=O)C1CC(=O)NC(C2CC2)N1)c1ccc(C(F)(F)F)cc1F. The highest BCUT2D eigenvalue weighted by Crippen LogP contribution is 2.37. The van der Waals surface area contributed by atoms with E-state index in [0.717, 1.165) is 25.0 Å². The molecule has 1 aromatic rings. The fraction of sp³-hybridized carbons (Fsp3) is 0.600. The average Bonchev–Trinajstić information content (AvgIpc) is 3.42. The molecule has 2 amide bonds. The topological polar surface area (TPSA) is 70.2 Å². The molecular formula is C20H25F4N3O2. The van der Waals surface area contributed by atoms with Crippen LogP contribution in [0.4, 0.5) is 17.6 Å². The summed E-state index contributed by atoms with van der Waals surface area (Å²) in [6, 6.07) is 0.650. The Bertz CT molecular complexity index is 800. The van der Waals surface area contributed by atoms with Gasteiger partial charge in [-0.3, -0.25) is 14.9 Å². The summed E-state index contributed by atoms with van der Waals surface area (Å²) >= 11 is 0. The minimum atomic E-state index is -4.66. The Morgan fingerprint density at radius 2 is 1.86 bits per heavy atom. The molecule has 0 aromatic heterocycles. The summed E-state index contributed by atoms with van der Waals surface area (Å²) in [6.45, 7) is 5.26. The number of hydrogen-bond donors (Lipinski definition) is 3. The predicted molar refractivity (Wildman–Crippen MR) is 97.9 cm³/mol. The van der Waals surface area contributed by atoms with E-state index in [1.165, 1.54) is 0 Å². The lowest BCUT2D eigenvalue weighted by molar-refractivity contribution is -0.137. The van der Waals surface area contributed by atoms with Gasteiger partial charge in [0.05, 0.1) is 30.2 Å². The molecule has 1 aliphatic heterocycles. The van der Waals surface area contributed by atoms with Crippen molar-refractivity contribution in [2.24, 2.45) is 11.3 Å². The van der Waals surface area contributed by atoms with Crippen LogP contribution in [0.25, 0.3) is 0 Å². The Labute approximate surface area is 166 Å². The van der Waals surface area contributed by atoms with Gasteiger partial charge < -0.3 is 10.6 Å². The number of halogens is 4. The lowest BCUT2D eigenvalue weighted by atomic mass is 9.81. The molecule has 1 saturated heterocycles. The third kappa shape index (κ3) is 5.07. The number of nitrogens with one attached hydrogen (secondary N) is 3. The maximum absolute atomic E-state index is 14.6. The van der Waals surface area contributed by atoms with E-state index in [2.05, 4.69) is 16.0 Å². The number of amides is 2. The summed E-state index contributed by atoms with van der Waals surface area (Å²) in [7, 11) is 0. The lowest BCUT2D eigenvalue weighted by Gasteiger charge is -2.36. The van der Waals surface area contributed by atoms with Crippen LogP contribution in [0, 0.1) is 17.2 Å². The highest BCUT2D eigenvalue weighted by molar-refractivity contribution is 5.89. The van der Waals surface area contributed by atoms with Crippen molar-refractivity contribution >= 4 is 11.8 Å². The third-order valence-electron chi connectivity index (χ3n) is 5.29. The molecule has 2 unspecified atom stereocenters. The molecule has 29 heavy (non-hydrogen) atoms. The summed E-state index contributed by atoms with van der Waals surface area (Å²) < 4.78 is 53.1. The summed E-state index contributed by atoms with van der Waals surface area (Å²) in [5.41, 5.74) is -1.79. The quantitative estimate of drug-likeness (QED) is 0.661. The molecule has 2 fully saturated rings. The Kier molecular flexibility index (Phi) is 5.64. The van der Waals surface area contributed by atoms with Crippen LogP contribution in [0.2, 0.25) is 0 Å². The van der Waals surface area contributed by atoms with Gasteiger partial charge in [-0.25, -0.2) is 4.39 Å². The van der Waals surface area contributed by atoms with Crippen LogP contribution in [-0.2, 0) is 15.8 Å². The van der Waals surface area contributed by atoms with Gasteiger partial charge in [-0.15, -0.1) is 0 Å². The fourth-order valence-corrected chi connectivity index (χ4v) is 3.53. The van der Waals surface area contributed by atoms with Crippen molar-refractivity contribution in [1.29, 1.82) is 0 Å². The van der Waals surface area contributed by atoms with Gasteiger partial charge in [-0.1, -0.05) is 26.8 Å². The van der Waals surface area contributed by atoms with Gasteiger partial charge in [0.2, 0.25) is 11.8 Å². The van der Waals surface area contributed by atoms with Gasteiger partial charge in [-0.2, -0.15) is 13.2 Å². The number of carbonyl (C=O) groups excluding carboxylic acids is 2. The monoisotopic (exact) mass is 415 g/mol. The second-order valence-electron chi connectivity index (χ2n) is 8.85. The standard InChI is InChI=1S/C20H25F4N3O2/c1-19(2,3)16(12-7-6-11(8-13(12)21)20(22,23)24)27-18(29)14-9-15(28)26-17(25-14)10-4-5-10/h6-8,10,14,16-17,25H,4-5,9H2,1-3H3,(H,26,28)(H,27,29)/t14?,16-,17?/m0/s1. The first-order chi connectivity index (χ1) is 13.4. The van der Waals surface area contributed by atoms with Crippen molar-refractivity contribution in [1.82, 2.24) is 16.0 Å². The van der Waals surface area contributed by atoms with Gasteiger partial charge >= 0.3 is 6.18 Å². The maximum atomic E-state index is 14.6. The van der Waals surface area contributed by atoms with Crippen LogP contribution >= 0.6 is 0 Å². The molecule has 0 bridgehead atoms. The zero-order valence-electron chi connectivity index (χ0n) is 16.5. The molecule has 1 saturated carbocycles. The fourth-order valence-electron chi connectivity index (χ4n) is 3.53. The van der Waals surface area contributed by atoms with Crippen LogP contribution in [0.15, 0.2) is 18.2 Å². The first-order valence-corrected chi connectivity index (χ1v) is 9.58. The Balaban J connectivity index is 1.81. The smallest absolute Gasteiger partial charge is 0.347 e. The molecule has 0 spiro atoms. The van der Waals surface area contributed by atoms with E-state index in [1.807, 2.05) is 0 Å². The van der Waals surface area contributed by atoms with Crippen LogP contribution in [0.5, 0.6) is 0 Å². The second-order valence-corrected chi connectivity index (χ2v) is 8.85. The number of benzene rings is 1. The van der Waals surface area contributed by atoms with E-state index in [9.17, 15) is 27.2 Å². The molecule has 1 aromatic carbocycles. The molecule has 1 aliphatic carbocycles. The molecule has 0 radical (unpaired) electrons. The maximum Gasteiger partial charge on any atom is 0.416 e. The van der Waals surface area contributed by atoms with Gasteiger partial charge in [0, 0.05) is 5.56 Å². The van der Waals surface area contributed by atoms with Crippen molar-refractivity contribution in [2.45, 2.75) is 64.5 Å². The Morgan fingerprint density at radius 3 is 2.38 bits per heavy atom. The number of alkyl halides is 3. The average molecular weight is 415 g/mol. The first-order valence-electron chi connectivity index (χ1n) is 9.58. The van der Waals surface area contributed by atoms with Crippen molar-refractivity contribution in [3.8, 4) is 0 Å². The number of rotatable bonds is 4. The largest absolute Gasteiger partial charge is 0.416 e. The summed E-state index contributed by atoms with van der Waals surface area (Å²) in [5, 5.41) is 8.66. The minimum Gasteiger partial charge on any atom is -0.347 e. The van der Waals surface area contributed by atoms with Crippen LogP contribution < -0.4 is 16.0 Å².